The number of alkyl halides is 3. The molecular formula is C13H8F4N6O2. The Bertz CT molecular complexity index is 962. The maximum atomic E-state index is 13.4. The highest BCUT2D eigenvalue weighted by atomic mass is 19.4. The van der Waals surface area contributed by atoms with Gasteiger partial charge in [0.25, 0.3) is 0 Å². The minimum Gasteiger partial charge on any atom is -0.358 e. The summed E-state index contributed by atoms with van der Waals surface area (Å²) in [5.74, 6) is -2.09. The molecule has 0 aliphatic rings. The Hall–Kier alpha value is -3.31. The Balaban J connectivity index is 2.06. The van der Waals surface area contributed by atoms with E-state index in [1.54, 1.807) is 0 Å². The number of benzene rings is 1. The summed E-state index contributed by atoms with van der Waals surface area (Å²) in [6, 6.07) is 2.32. The lowest BCUT2D eigenvalue weighted by atomic mass is 10.1. The number of aryl methyl sites for hydroxylation is 1. The van der Waals surface area contributed by atoms with Gasteiger partial charge in [-0.05, 0) is 28.1 Å². The largest absolute Gasteiger partial charge is 0.419 e. The maximum Gasteiger partial charge on any atom is 0.419 e. The van der Waals surface area contributed by atoms with E-state index in [0.717, 1.165) is 17.1 Å². The first kappa shape index (κ1) is 16.5. The smallest absolute Gasteiger partial charge is 0.358 e. The summed E-state index contributed by atoms with van der Waals surface area (Å²) >= 11 is 0. The normalized spacial score (nSPS) is 11.7. The number of imidazole rings is 1. The number of halogens is 4. The minimum absolute atomic E-state index is 0.0260. The average Bonchev–Trinajstić information content (AvgIpc) is 3.12. The molecule has 0 aliphatic heterocycles. The molecular weight excluding hydrogens is 348 g/mol. The maximum absolute atomic E-state index is 13.4. The van der Waals surface area contributed by atoms with E-state index in [1.165, 1.54) is 17.9 Å². The SMILES string of the molecule is Cn1cnc([N+](=O)[O-])c1-n1cnc(-c2ccc(F)c(C(F)(F)F)c2)n1. The van der Waals surface area contributed by atoms with E-state index in [4.69, 9.17) is 0 Å². The van der Waals surface area contributed by atoms with E-state index in [9.17, 15) is 27.7 Å². The van der Waals surface area contributed by atoms with Crippen LogP contribution >= 0.6 is 0 Å². The predicted octanol–water partition coefficient (Wildman–Crippen LogP) is 2.73. The second kappa shape index (κ2) is 5.65. The first-order chi connectivity index (χ1) is 11.7. The molecule has 8 nitrogen and oxygen atoms in total. The molecule has 0 radical (unpaired) electrons. The molecule has 2 heterocycles. The molecule has 1 aromatic carbocycles. The molecule has 2 aromatic heterocycles. The first-order valence-corrected chi connectivity index (χ1v) is 6.63. The molecule has 0 spiro atoms. The van der Waals surface area contributed by atoms with Gasteiger partial charge in [0, 0.05) is 12.6 Å². The van der Waals surface area contributed by atoms with Crippen molar-refractivity contribution in [2.24, 2.45) is 7.05 Å². The Morgan fingerprint density at radius 3 is 2.56 bits per heavy atom. The summed E-state index contributed by atoms with van der Waals surface area (Å²) in [5, 5.41) is 14.9. The van der Waals surface area contributed by atoms with Crippen molar-refractivity contribution in [1.29, 1.82) is 0 Å². The third kappa shape index (κ3) is 2.93. The van der Waals surface area contributed by atoms with Crippen LogP contribution in [0.2, 0.25) is 0 Å². The minimum atomic E-state index is -4.87. The van der Waals surface area contributed by atoms with Crippen molar-refractivity contribution in [2.45, 2.75) is 6.18 Å². The second-order valence-electron chi connectivity index (χ2n) is 4.96. The number of aromatic nitrogens is 5. The Labute approximate surface area is 136 Å². The number of nitro groups is 1. The molecule has 0 unspecified atom stereocenters. The number of rotatable bonds is 3. The number of hydrogen-bond acceptors (Lipinski definition) is 5. The molecule has 0 fully saturated rings. The van der Waals surface area contributed by atoms with Gasteiger partial charge in [-0.25, -0.2) is 9.37 Å². The summed E-state index contributed by atoms with van der Waals surface area (Å²) < 4.78 is 54.1. The van der Waals surface area contributed by atoms with Crippen molar-refractivity contribution >= 4 is 5.82 Å². The van der Waals surface area contributed by atoms with Crippen LogP contribution in [0.5, 0.6) is 0 Å². The van der Waals surface area contributed by atoms with Crippen molar-refractivity contribution in [3.63, 3.8) is 0 Å². The predicted molar refractivity (Wildman–Crippen MR) is 75.2 cm³/mol. The number of hydrogen-bond donors (Lipinski definition) is 0. The van der Waals surface area contributed by atoms with Crippen LogP contribution < -0.4 is 0 Å². The van der Waals surface area contributed by atoms with Crippen LogP contribution in [-0.2, 0) is 13.2 Å². The van der Waals surface area contributed by atoms with Gasteiger partial charge in [-0.2, -0.15) is 17.9 Å². The van der Waals surface area contributed by atoms with Gasteiger partial charge in [0.1, 0.15) is 12.1 Å². The molecule has 0 bridgehead atoms. The van der Waals surface area contributed by atoms with Crippen LogP contribution in [-0.4, -0.2) is 29.2 Å². The quantitative estimate of drug-likeness (QED) is 0.409. The average molecular weight is 356 g/mol. The lowest BCUT2D eigenvalue weighted by molar-refractivity contribution is -0.389. The summed E-state index contributed by atoms with van der Waals surface area (Å²) in [6.45, 7) is 0. The van der Waals surface area contributed by atoms with Gasteiger partial charge in [0.2, 0.25) is 12.1 Å². The van der Waals surface area contributed by atoms with Crippen LogP contribution in [0.25, 0.3) is 17.2 Å². The topological polar surface area (TPSA) is 91.7 Å². The van der Waals surface area contributed by atoms with Crippen LogP contribution in [0.4, 0.5) is 23.4 Å². The fourth-order valence-corrected chi connectivity index (χ4v) is 2.18. The third-order valence-corrected chi connectivity index (χ3v) is 3.30. The zero-order valence-corrected chi connectivity index (χ0v) is 12.4. The fourth-order valence-electron chi connectivity index (χ4n) is 2.18. The van der Waals surface area contributed by atoms with E-state index in [2.05, 4.69) is 15.1 Å². The van der Waals surface area contributed by atoms with Crippen LogP contribution in [0, 0.1) is 15.9 Å². The molecule has 3 aromatic rings. The molecule has 25 heavy (non-hydrogen) atoms. The molecule has 0 N–H and O–H groups in total. The molecule has 0 saturated carbocycles. The van der Waals surface area contributed by atoms with E-state index in [0.29, 0.717) is 12.1 Å². The highest BCUT2D eigenvalue weighted by Crippen LogP contribution is 2.33. The van der Waals surface area contributed by atoms with E-state index in [1.807, 2.05) is 0 Å². The molecule has 130 valence electrons. The zero-order valence-electron chi connectivity index (χ0n) is 12.4. The Morgan fingerprint density at radius 2 is 1.92 bits per heavy atom. The molecule has 0 aliphatic carbocycles. The van der Waals surface area contributed by atoms with Gasteiger partial charge in [0.15, 0.2) is 5.82 Å². The second-order valence-corrected chi connectivity index (χ2v) is 4.96. The Morgan fingerprint density at radius 1 is 1.20 bits per heavy atom. The summed E-state index contributed by atoms with van der Waals surface area (Å²) in [7, 11) is 1.48. The van der Waals surface area contributed by atoms with E-state index in [-0.39, 0.29) is 17.2 Å². The van der Waals surface area contributed by atoms with Crippen molar-refractivity contribution in [2.75, 3.05) is 0 Å². The molecule has 3 rings (SSSR count). The number of nitrogens with zero attached hydrogens (tertiary/aromatic N) is 6. The third-order valence-electron chi connectivity index (χ3n) is 3.30. The zero-order chi connectivity index (χ0) is 18.4. The summed E-state index contributed by atoms with van der Waals surface area (Å²) in [4.78, 5) is 17.7. The lowest BCUT2D eigenvalue weighted by Gasteiger charge is -2.08. The van der Waals surface area contributed by atoms with Gasteiger partial charge in [-0.1, -0.05) is 0 Å². The van der Waals surface area contributed by atoms with Gasteiger partial charge >= 0.3 is 12.0 Å². The monoisotopic (exact) mass is 356 g/mol. The van der Waals surface area contributed by atoms with E-state index >= 15 is 0 Å². The standard InChI is InChI=1S/C13H8F4N6O2/c1-21-5-19-11(23(24)25)12(21)22-6-18-10(20-22)7-2-3-9(14)8(4-7)13(15,16)17/h2-6H,1H3. The molecule has 0 atom stereocenters. The summed E-state index contributed by atoms with van der Waals surface area (Å²) in [6.07, 6.45) is -2.59. The van der Waals surface area contributed by atoms with Crippen LogP contribution in [0.3, 0.4) is 0 Å². The van der Waals surface area contributed by atoms with Crippen molar-refractivity contribution < 1.29 is 22.5 Å². The first-order valence-electron chi connectivity index (χ1n) is 6.63. The van der Waals surface area contributed by atoms with Crippen molar-refractivity contribution in [3.8, 4) is 17.2 Å². The van der Waals surface area contributed by atoms with Crippen LogP contribution in [0.15, 0.2) is 30.9 Å². The highest BCUT2D eigenvalue weighted by Gasteiger charge is 2.34. The molecule has 0 saturated heterocycles. The lowest BCUT2D eigenvalue weighted by Crippen LogP contribution is -2.08. The van der Waals surface area contributed by atoms with Crippen LogP contribution in [0.1, 0.15) is 5.56 Å². The van der Waals surface area contributed by atoms with Crippen molar-refractivity contribution in [3.05, 3.63) is 52.3 Å². The molecule has 12 heteroatoms. The summed E-state index contributed by atoms with van der Waals surface area (Å²) in [5.41, 5.74) is -1.54. The molecule has 0 amide bonds. The highest BCUT2D eigenvalue weighted by molar-refractivity contribution is 5.56. The van der Waals surface area contributed by atoms with E-state index < -0.39 is 28.3 Å². The van der Waals surface area contributed by atoms with Gasteiger partial charge in [-0.3, -0.25) is 4.57 Å². The van der Waals surface area contributed by atoms with Gasteiger partial charge in [-0.15, -0.1) is 5.10 Å². The fraction of sp³-hybridized carbons (Fsp3) is 0.154. The Kier molecular flexibility index (Phi) is 3.74. The van der Waals surface area contributed by atoms with Gasteiger partial charge < -0.3 is 10.1 Å². The van der Waals surface area contributed by atoms with Crippen molar-refractivity contribution in [1.82, 2.24) is 24.3 Å². The van der Waals surface area contributed by atoms with Gasteiger partial charge in [0.05, 0.1) is 5.56 Å².